The van der Waals surface area contributed by atoms with E-state index in [1.165, 1.54) is 12.8 Å². The van der Waals surface area contributed by atoms with Crippen molar-refractivity contribution in [3.8, 4) is 0 Å². The summed E-state index contributed by atoms with van der Waals surface area (Å²) in [5, 5.41) is 6.69. The van der Waals surface area contributed by atoms with Crippen LogP contribution in [0, 0.1) is 5.92 Å². The third kappa shape index (κ3) is 8.80. The first-order valence-corrected chi connectivity index (χ1v) is 10.5. The number of guanidine groups is 1. The van der Waals surface area contributed by atoms with Gasteiger partial charge in [-0.05, 0) is 62.6 Å². The molecule has 0 aromatic heterocycles. The summed E-state index contributed by atoms with van der Waals surface area (Å²) in [5.74, 6) is 1.75. The molecule has 1 fully saturated rings. The number of hydrogen-bond donors (Lipinski definition) is 2. The molecule has 158 valence electrons. The van der Waals surface area contributed by atoms with Gasteiger partial charge in [0, 0.05) is 31.7 Å². The van der Waals surface area contributed by atoms with Crippen molar-refractivity contribution in [2.75, 3.05) is 26.2 Å². The van der Waals surface area contributed by atoms with Gasteiger partial charge in [-0.15, -0.1) is 24.0 Å². The quantitative estimate of drug-likeness (QED) is 0.241. The van der Waals surface area contributed by atoms with Crippen LogP contribution in [-0.2, 0) is 6.54 Å². The van der Waals surface area contributed by atoms with E-state index < -0.39 is 0 Å². The van der Waals surface area contributed by atoms with Crippen molar-refractivity contribution in [1.29, 1.82) is 0 Å². The molecule has 2 N–H and O–H groups in total. The molecule has 2 rings (SSSR count). The molecular weight excluding hydrogens is 463 g/mol. The van der Waals surface area contributed by atoms with Crippen LogP contribution in [-0.4, -0.2) is 42.9 Å². The number of piperidine rings is 1. The maximum Gasteiger partial charge on any atom is 0.253 e. The number of carbonyl (C=O) groups is 1. The molecule has 5 nitrogen and oxygen atoms in total. The first kappa shape index (κ1) is 24.7. The normalized spacial score (nSPS) is 14.6. The number of nitrogens with zero attached hydrogens (tertiary/aromatic N) is 2. The van der Waals surface area contributed by atoms with Crippen LogP contribution in [0.5, 0.6) is 0 Å². The summed E-state index contributed by atoms with van der Waals surface area (Å²) >= 11 is 0. The highest BCUT2D eigenvalue weighted by Gasteiger charge is 2.17. The highest BCUT2D eigenvalue weighted by molar-refractivity contribution is 14.0. The fourth-order valence-corrected chi connectivity index (χ4v) is 3.26. The third-order valence-electron chi connectivity index (χ3n) is 4.86. The minimum atomic E-state index is 0. The smallest absolute Gasteiger partial charge is 0.253 e. The number of likely N-dealkylation sites (tertiary alicyclic amines) is 1. The lowest BCUT2D eigenvalue weighted by Crippen LogP contribution is -2.37. The monoisotopic (exact) mass is 500 g/mol. The van der Waals surface area contributed by atoms with Gasteiger partial charge in [-0.3, -0.25) is 4.79 Å². The Morgan fingerprint density at radius 2 is 1.79 bits per heavy atom. The second-order valence-corrected chi connectivity index (χ2v) is 7.71. The Bertz CT molecular complexity index is 595. The summed E-state index contributed by atoms with van der Waals surface area (Å²) in [4.78, 5) is 19.2. The standard InChI is InChI=1S/C22H36N4O.HI/c1-4-23-22(24-14-8-9-18(2)3)25-17-19-10-12-20(13-11-19)21(27)26-15-6-5-7-16-26;/h10-13,18H,4-9,14-17H2,1-3H3,(H2,23,24,25);1H. The zero-order valence-electron chi connectivity index (χ0n) is 17.7. The van der Waals surface area contributed by atoms with E-state index in [-0.39, 0.29) is 29.9 Å². The van der Waals surface area contributed by atoms with Crippen LogP contribution in [0.3, 0.4) is 0 Å². The van der Waals surface area contributed by atoms with Gasteiger partial charge in [0.15, 0.2) is 5.96 Å². The van der Waals surface area contributed by atoms with Crippen LogP contribution in [0.1, 0.15) is 68.8 Å². The number of hydrogen-bond acceptors (Lipinski definition) is 2. The lowest BCUT2D eigenvalue weighted by Gasteiger charge is -2.26. The van der Waals surface area contributed by atoms with E-state index in [9.17, 15) is 4.79 Å². The number of amides is 1. The van der Waals surface area contributed by atoms with Crippen molar-refractivity contribution in [3.63, 3.8) is 0 Å². The summed E-state index contributed by atoms with van der Waals surface area (Å²) in [5.41, 5.74) is 1.90. The molecule has 1 amide bonds. The molecule has 1 heterocycles. The van der Waals surface area contributed by atoms with Crippen LogP contribution in [0.25, 0.3) is 0 Å². The summed E-state index contributed by atoms with van der Waals surface area (Å²) in [6, 6.07) is 7.90. The first-order valence-electron chi connectivity index (χ1n) is 10.5. The number of benzene rings is 1. The fourth-order valence-electron chi connectivity index (χ4n) is 3.26. The molecule has 28 heavy (non-hydrogen) atoms. The van der Waals surface area contributed by atoms with Gasteiger partial charge in [0.2, 0.25) is 0 Å². The number of carbonyl (C=O) groups excluding carboxylic acids is 1. The Morgan fingerprint density at radius 1 is 1.11 bits per heavy atom. The molecule has 0 aliphatic carbocycles. The SMILES string of the molecule is CCNC(=NCc1ccc(C(=O)N2CCCCC2)cc1)NCCCC(C)C.I. The molecule has 0 unspecified atom stereocenters. The minimum Gasteiger partial charge on any atom is -0.357 e. The van der Waals surface area contributed by atoms with Gasteiger partial charge in [-0.1, -0.05) is 26.0 Å². The fraction of sp³-hybridized carbons (Fsp3) is 0.636. The largest absolute Gasteiger partial charge is 0.357 e. The van der Waals surface area contributed by atoms with Crippen molar-refractivity contribution in [1.82, 2.24) is 15.5 Å². The zero-order valence-corrected chi connectivity index (χ0v) is 20.0. The van der Waals surface area contributed by atoms with Crippen molar-refractivity contribution in [3.05, 3.63) is 35.4 Å². The van der Waals surface area contributed by atoms with Gasteiger partial charge >= 0.3 is 0 Å². The van der Waals surface area contributed by atoms with Gasteiger partial charge in [-0.2, -0.15) is 0 Å². The molecule has 6 heteroatoms. The number of nitrogens with one attached hydrogen (secondary N) is 2. The van der Waals surface area contributed by atoms with Crippen molar-refractivity contribution in [2.24, 2.45) is 10.9 Å². The van der Waals surface area contributed by atoms with E-state index >= 15 is 0 Å². The van der Waals surface area contributed by atoms with Gasteiger partial charge in [0.25, 0.3) is 5.91 Å². The van der Waals surface area contributed by atoms with Crippen LogP contribution in [0.2, 0.25) is 0 Å². The number of aliphatic imine (C=N–C) groups is 1. The minimum absolute atomic E-state index is 0. The van der Waals surface area contributed by atoms with E-state index in [4.69, 9.17) is 0 Å². The van der Waals surface area contributed by atoms with Crippen molar-refractivity contribution in [2.45, 2.75) is 59.4 Å². The molecule has 1 aliphatic rings. The highest BCUT2D eigenvalue weighted by Crippen LogP contribution is 2.14. The molecule has 1 saturated heterocycles. The van der Waals surface area contributed by atoms with Crippen molar-refractivity contribution >= 4 is 35.8 Å². The molecule has 0 saturated carbocycles. The van der Waals surface area contributed by atoms with E-state index in [0.29, 0.717) is 6.54 Å². The lowest BCUT2D eigenvalue weighted by molar-refractivity contribution is 0.0724. The van der Waals surface area contributed by atoms with Gasteiger partial charge in [-0.25, -0.2) is 4.99 Å². The van der Waals surface area contributed by atoms with Crippen molar-refractivity contribution < 1.29 is 4.79 Å². The van der Waals surface area contributed by atoms with E-state index in [1.807, 2.05) is 29.2 Å². The Hall–Kier alpha value is -1.31. The Morgan fingerprint density at radius 3 is 2.39 bits per heavy atom. The molecule has 0 atom stereocenters. The van der Waals surface area contributed by atoms with Crippen LogP contribution in [0.4, 0.5) is 0 Å². The predicted molar refractivity (Wildman–Crippen MR) is 129 cm³/mol. The highest BCUT2D eigenvalue weighted by atomic mass is 127. The average molecular weight is 500 g/mol. The second-order valence-electron chi connectivity index (χ2n) is 7.71. The summed E-state index contributed by atoms with van der Waals surface area (Å²) in [6.45, 7) is 10.7. The number of rotatable bonds is 8. The first-order chi connectivity index (χ1) is 13.1. The van der Waals surface area contributed by atoms with Crippen LogP contribution < -0.4 is 10.6 Å². The van der Waals surface area contributed by atoms with Gasteiger partial charge < -0.3 is 15.5 Å². The maximum absolute atomic E-state index is 12.5. The summed E-state index contributed by atoms with van der Waals surface area (Å²) in [6.07, 6.45) is 5.85. The molecule has 0 radical (unpaired) electrons. The topological polar surface area (TPSA) is 56.7 Å². The summed E-state index contributed by atoms with van der Waals surface area (Å²) < 4.78 is 0. The molecule has 0 bridgehead atoms. The van der Waals surface area contributed by atoms with Crippen LogP contribution >= 0.6 is 24.0 Å². The predicted octanol–water partition coefficient (Wildman–Crippen LogP) is 4.42. The average Bonchev–Trinajstić information content (AvgIpc) is 2.69. The Labute approximate surface area is 187 Å². The van der Waals surface area contributed by atoms with Gasteiger partial charge in [0.1, 0.15) is 0 Å². The Kier molecular flexibility index (Phi) is 12.2. The summed E-state index contributed by atoms with van der Waals surface area (Å²) in [7, 11) is 0. The van der Waals surface area contributed by atoms with E-state index in [1.54, 1.807) is 0 Å². The lowest BCUT2D eigenvalue weighted by atomic mass is 10.1. The van der Waals surface area contributed by atoms with Gasteiger partial charge in [0.05, 0.1) is 6.54 Å². The van der Waals surface area contributed by atoms with Crippen LogP contribution in [0.15, 0.2) is 29.3 Å². The van der Waals surface area contributed by atoms with E-state index in [2.05, 4.69) is 36.4 Å². The number of halogens is 1. The molecule has 1 aromatic rings. The Balaban J connectivity index is 0.00000392. The van der Waals surface area contributed by atoms with E-state index in [0.717, 1.165) is 68.4 Å². The zero-order chi connectivity index (χ0) is 19.5. The molecular formula is C22H37IN4O. The second kappa shape index (κ2) is 13.8. The molecule has 1 aromatic carbocycles. The molecule has 0 spiro atoms. The third-order valence-corrected chi connectivity index (χ3v) is 4.86. The molecule has 1 aliphatic heterocycles. The maximum atomic E-state index is 12.5.